The van der Waals surface area contributed by atoms with Crippen LogP contribution < -0.4 is 5.32 Å². The Morgan fingerprint density at radius 2 is 2.10 bits per heavy atom. The molecule has 2 amide bonds. The van der Waals surface area contributed by atoms with E-state index in [1.165, 1.54) is 18.5 Å². The van der Waals surface area contributed by atoms with E-state index in [9.17, 15) is 23.5 Å². The Kier molecular flexibility index (Phi) is 6.77. The first-order valence-corrected chi connectivity index (χ1v) is 9.94. The van der Waals surface area contributed by atoms with Crippen molar-refractivity contribution >= 4 is 17.9 Å². The largest absolute Gasteiger partial charge is 0.393 e. The number of alkyl halides is 2. The molecule has 2 aliphatic rings. The van der Waals surface area contributed by atoms with Crippen molar-refractivity contribution in [3.63, 3.8) is 0 Å². The molecule has 1 aromatic heterocycles. The van der Waals surface area contributed by atoms with Gasteiger partial charge in [-0.25, -0.2) is 8.78 Å². The van der Waals surface area contributed by atoms with Gasteiger partial charge in [0.2, 0.25) is 5.91 Å². The third-order valence-electron chi connectivity index (χ3n) is 5.53. The van der Waals surface area contributed by atoms with Crippen LogP contribution in [0.2, 0.25) is 0 Å². The summed E-state index contributed by atoms with van der Waals surface area (Å²) in [6.45, 7) is -1.29. The second kappa shape index (κ2) is 9.30. The predicted molar refractivity (Wildman–Crippen MR) is 104 cm³/mol. The fourth-order valence-corrected chi connectivity index (χ4v) is 3.83. The average Bonchev–Trinajstić information content (AvgIpc) is 3.06. The Bertz CT molecular complexity index is 860. The molecule has 1 saturated heterocycles. The molecule has 1 aromatic rings. The molecule has 0 bridgehead atoms. The van der Waals surface area contributed by atoms with Gasteiger partial charge in [0.15, 0.2) is 0 Å². The number of hydrogen-bond donors (Lipinski definition) is 2. The number of rotatable bonds is 5. The third kappa shape index (κ3) is 5.39. The highest BCUT2D eigenvalue weighted by Gasteiger charge is 2.47. The summed E-state index contributed by atoms with van der Waals surface area (Å²) in [4.78, 5) is 29.7. The number of pyridine rings is 1. The molecule has 1 aliphatic heterocycles. The van der Waals surface area contributed by atoms with Crippen molar-refractivity contribution in [2.45, 2.75) is 50.2 Å². The van der Waals surface area contributed by atoms with Gasteiger partial charge in [0.05, 0.1) is 25.3 Å². The first-order valence-electron chi connectivity index (χ1n) is 9.94. The number of allylic oxidation sites excluding steroid dienone is 1. The van der Waals surface area contributed by atoms with Crippen LogP contribution in [0.4, 0.5) is 8.78 Å². The lowest BCUT2D eigenvalue weighted by Crippen LogP contribution is -2.43. The predicted octanol–water partition coefficient (Wildman–Crippen LogP) is 2.14. The molecule has 0 aromatic carbocycles. The van der Waals surface area contributed by atoms with Gasteiger partial charge in [0.25, 0.3) is 11.8 Å². The van der Waals surface area contributed by atoms with E-state index < -0.39 is 43.3 Å². The zero-order valence-electron chi connectivity index (χ0n) is 16.4. The van der Waals surface area contributed by atoms with Crippen molar-refractivity contribution in [1.82, 2.24) is 15.2 Å². The van der Waals surface area contributed by atoms with Gasteiger partial charge < -0.3 is 15.3 Å². The molecule has 0 radical (unpaired) electrons. The van der Waals surface area contributed by atoms with E-state index in [1.807, 2.05) is 6.08 Å². The van der Waals surface area contributed by atoms with Crippen LogP contribution in [-0.2, 0) is 4.79 Å². The van der Waals surface area contributed by atoms with E-state index >= 15 is 0 Å². The number of nitriles is 1. The molecular formula is C21H24F2N4O3. The van der Waals surface area contributed by atoms with Crippen LogP contribution in [0, 0.1) is 17.2 Å². The van der Waals surface area contributed by atoms with Crippen molar-refractivity contribution in [2.24, 2.45) is 5.92 Å². The minimum atomic E-state index is -3.10. The number of likely N-dealkylation sites (tertiary alicyclic amines) is 1. The number of carbonyl (C=O) groups is 2. The molecule has 2 N–H and O–H groups in total. The van der Waals surface area contributed by atoms with Crippen molar-refractivity contribution in [3.8, 4) is 6.07 Å². The molecule has 2 heterocycles. The fourth-order valence-electron chi connectivity index (χ4n) is 3.83. The molecule has 3 rings (SSSR count). The summed E-state index contributed by atoms with van der Waals surface area (Å²) in [5.41, 5.74) is 0.893. The molecular weight excluding hydrogens is 394 g/mol. The molecule has 1 atom stereocenters. The Morgan fingerprint density at radius 3 is 2.80 bits per heavy atom. The smallest absolute Gasteiger partial charge is 0.268 e. The summed E-state index contributed by atoms with van der Waals surface area (Å²) >= 11 is 0. The van der Waals surface area contributed by atoms with Gasteiger partial charge >= 0.3 is 0 Å². The van der Waals surface area contributed by atoms with Crippen molar-refractivity contribution in [2.75, 3.05) is 13.1 Å². The Labute approximate surface area is 173 Å². The van der Waals surface area contributed by atoms with E-state index in [0.29, 0.717) is 17.0 Å². The molecule has 9 heteroatoms. The Morgan fingerprint density at radius 1 is 1.37 bits per heavy atom. The number of hydrogen-bond acceptors (Lipinski definition) is 5. The van der Waals surface area contributed by atoms with Crippen LogP contribution in [-0.4, -0.2) is 58.0 Å². The van der Waals surface area contributed by atoms with Gasteiger partial charge in [0, 0.05) is 29.9 Å². The number of carbonyl (C=O) groups excluding carboxylic acids is 2. The van der Waals surface area contributed by atoms with Crippen LogP contribution >= 0.6 is 0 Å². The second-order valence-corrected chi connectivity index (χ2v) is 7.80. The number of aliphatic hydroxyl groups excluding tert-OH is 1. The van der Waals surface area contributed by atoms with Crippen LogP contribution in [0.15, 0.2) is 24.5 Å². The summed E-state index contributed by atoms with van der Waals surface area (Å²) in [6.07, 6.45) is 9.09. The highest BCUT2D eigenvalue weighted by Crippen LogP contribution is 2.31. The second-order valence-electron chi connectivity index (χ2n) is 7.80. The molecule has 30 heavy (non-hydrogen) atoms. The lowest BCUT2D eigenvalue weighted by molar-refractivity contribution is -0.131. The maximum absolute atomic E-state index is 13.5. The molecule has 2 fully saturated rings. The highest BCUT2D eigenvalue weighted by molar-refractivity contribution is 5.99. The van der Waals surface area contributed by atoms with E-state index in [0.717, 1.165) is 30.6 Å². The summed E-state index contributed by atoms with van der Waals surface area (Å²) in [5.74, 6) is -4.04. The minimum Gasteiger partial charge on any atom is -0.393 e. The summed E-state index contributed by atoms with van der Waals surface area (Å²) < 4.78 is 27.0. The highest BCUT2D eigenvalue weighted by atomic mass is 19.3. The van der Waals surface area contributed by atoms with Gasteiger partial charge in [-0.3, -0.25) is 14.6 Å². The van der Waals surface area contributed by atoms with Crippen molar-refractivity contribution in [1.29, 1.82) is 5.26 Å². The zero-order valence-corrected chi connectivity index (χ0v) is 16.4. The zero-order chi connectivity index (χ0) is 21.7. The third-order valence-corrected chi connectivity index (χ3v) is 5.53. The molecule has 1 aliphatic carbocycles. The van der Waals surface area contributed by atoms with Gasteiger partial charge in [-0.05, 0) is 37.7 Å². The van der Waals surface area contributed by atoms with Crippen molar-refractivity contribution in [3.05, 3.63) is 35.7 Å². The van der Waals surface area contributed by atoms with Gasteiger partial charge in [-0.15, -0.1) is 0 Å². The van der Waals surface area contributed by atoms with Gasteiger partial charge in [-0.2, -0.15) is 5.26 Å². The standard InChI is InChI=1S/C21H24F2N4O3/c22-21(23)9-16(10-24)27(13-21)19(29)12-26-20(30)18-7-8-25-11-15(18)4-1-14-2-5-17(28)6-3-14/h1,4,7-8,11,14,16-17,28H,2-3,5-6,9,12-13H2,(H,26,30)/b4-1+/t14-,16-,17-/m0/s1. The average molecular weight is 418 g/mol. The summed E-state index contributed by atoms with van der Waals surface area (Å²) in [7, 11) is 0. The summed E-state index contributed by atoms with van der Waals surface area (Å²) in [6, 6.07) is 2.03. The van der Waals surface area contributed by atoms with Gasteiger partial charge in [-0.1, -0.05) is 12.2 Å². The monoisotopic (exact) mass is 418 g/mol. The molecule has 160 valence electrons. The maximum atomic E-state index is 13.5. The van der Waals surface area contributed by atoms with Gasteiger partial charge in [0.1, 0.15) is 6.04 Å². The van der Waals surface area contributed by atoms with E-state index in [4.69, 9.17) is 5.26 Å². The van der Waals surface area contributed by atoms with Crippen LogP contribution in [0.5, 0.6) is 0 Å². The summed E-state index contributed by atoms with van der Waals surface area (Å²) in [5, 5.41) is 21.0. The van der Waals surface area contributed by atoms with E-state index in [-0.39, 0.29) is 6.10 Å². The fraction of sp³-hybridized carbons (Fsp3) is 0.524. The number of nitrogens with one attached hydrogen (secondary N) is 1. The van der Waals surface area contributed by atoms with Crippen LogP contribution in [0.3, 0.4) is 0 Å². The van der Waals surface area contributed by atoms with E-state index in [2.05, 4.69) is 10.3 Å². The SMILES string of the molecule is N#C[C@@H]1CC(F)(F)CN1C(=O)CNC(=O)c1ccncc1/C=C/[C@H]1CC[C@H](O)CC1. The number of amides is 2. The molecule has 7 nitrogen and oxygen atoms in total. The number of halogens is 2. The van der Waals surface area contributed by atoms with Crippen LogP contribution in [0.1, 0.15) is 48.0 Å². The van der Waals surface area contributed by atoms with Crippen molar-refractivity contribution < 1.29 is 23.5 Å². The lowest BCUT2D eigenvalue weighted by atomic mass is 9.87. The van der Waals surface area contributed by atoms with E-state index in [1.54, 1.807) is 12.1 Å². The molecule has 0 spiro atoms. The number of aliphatic hydroxyl groups is 1. The maximum Gasteiger partial charge on any atom is 0.268 e. The topological polar surface area (TPSA) is 106 Å². The molecule has 1 saturated carbocycles. The molecule has 0 unspecified atom stereocenters. The van der Waals surface area contributed by atoms with Crippen LogP contribution in [0.25, 0.3) is 6.08 Å². The quantitative estimate of drug-likeness (QED) is 0.762. The first kappa shape index (κ1) is 21.8. The normalized spacial score (nSPS) is 25.8. The number of nitrogens with zero attached hydrogens (tertiary/aromatic N) is 3. The Balaban J connectivity index is 1.61. The Hall–Kier alpha value is -2.86. The lowest BCUT2D eigenvalue weighted by Gasteiger charge is -2.22. The first-order chi connectivity index (χ1) is 14.3. The number of aromatic nitrogens is 1. The minimum absolute atomic E-state index is 0.247.